The summed E-state index contributed by atoms with van der Waals surface area (Å²) in [5, 5.41) is 110. The molecule has 11 N–H and O–H groups in total. The highest BCUT2D eigenvalue weighted by atomic mass is 16.7. The van der Waals surface area contributed by atoms with Crippen LogP contribution in [0.1, 0.15) is 0 Å². The lowest BCUT2D eigenvalue weighted by atomic mass is 9.99. The van der Waals surface area contributed by atoms with Crippen molar-refractivity contribution in [3.05, 3.63) is 40.6 Å². The normalized spacial score (nSPS) is 32.5. The summed E-state index contributed by atoms with van der Waals surface area (Å²) in [6.45, 7) is -1.60. The van der Waals surface area contributed by atoms with Crippen molar-refractivity contribution in [2.75, 3.05) is 13.2 Å². The Kier molecular flexibility index (Phi) is 8.87. The summed E-state index contributed by atoms with van der Waals surface area (Å²) in [6.07, 6.45) is -17.5. The molecule has 2 saturated heterocycles. The molecule has 240 valence electrons. The third-order valence-corrected chi connectivity index (χ3v) is 7.31. The van der Waals surface area contributed by atoms with E-state index < -0.39 is 120 Å². The number of aromatic hydroxyl groups is 3. The van der Waals surface area contributed by atoms with Gasteiger partial charge in [-0.3, -0.25) is 4.79 Å². The number of phenolic OH excluding ortho intramolecular Hbond substituents is 3. The van der Waals surface area contributed by atoms with Crippen LogP contribution in [0.2, 0.25) is 0 Å². The molecule has 2 fully saturated rings. The summed E-state index contributed by atoms with van der Waals surface area (Å²) in [5.41, 5.74) is -1.51. The van der Waals surface area contributed by atoms with Crippen LogP contribution in [0.3, 0.4) is 0 Å². The number of hydrogen-bond donors (Lipinski definition) is 11. The molecule has 2 aliphatic heterocycles. The van der Waals surface area contributed by atoms with E-state index in [0.29, 0.717) is 0 Å². The van der Waals surface area contributed by atoms with Gasteiger partial charge in [0.05, 0.1) is 13.2 Å². The number of aliphatic hydroxyl groups is 8. The van der Waals surface area contributed by atoms with E-state index in [-0.39, 0.29) is 11.1 Å². The number of hydrogen-bond acceptors (Lipinski definition) is 17. The summed E-state index contributed by atoms with van der Waals surface area (Å²) in [6, 6.07) is 5.19. The standard InChI is InChI=1S/C27H30O17/c28-6-14-17(33)20(36)22(38)26(42-14)41-13-5-9(30)4-12-16(13)19(35)25(24(40-12)8-1-2-10(31)11(32)3-8)44-27-23(39)21(37)18(34)15(7-29)43-27/h1-5,14-15,17-18,20-23,26-34,36-39H,6-7H2/t14-,15-,17+,18+,20+,21+,22-,23-,26-,27+/m1/s1. The average molecular weight is 627 g/mol. The Morgan fingerprint density at radius 1 is 0.682 bits per heavy atom. The number of ether oxygens (including phenoxy) is 4. The van der Waals surface area contributed by atoms with Gasteiger partial charge in [-0.15, -0.1) is 0 Å². The zero-order valence-corrected chi connectivity index (χ0v) is 22.4. The van der Waals surface area contributed by atoms with Crippen molar-refractivity contribution >= 4 is 11.0 Å². The van der Waals surface area contributed by atoms with Gasteiger partial charge in [-0.1, -0.05) is 0 Å². The first-order chi connectivity index (χ1) is 20.9. The van der Waals surface area contributed by atoms with E-state index in [0.717, 1.165) is 24.3 Å². The maximum Gasteiger partial charge on any atom is 0.239 e. The second-order valence-electron chi connectivity index (χ2n) is 10.2. The van der Waals surface area contributed by atoms with Crippen molar-refractivity contribution in [2.24, 2.45) is 0 Å². The Morgan fingerprint density at radius 2 is 1.25 bits per heavy atom. The highest BCUT2D eigenvalue weighted by molar-refractivity contribution is 5.88. The molecular weight excluding hydrogens is 596 g/mol. The fraction of sp³-hybridized carbons (Fsp3) is 0.444. The predicted octanol–water partition coefficient (Wildman–Crippen LogP) is -3.07. The van der Waals surface area contributed by atoms with Gasteiger partial charge in [0.2, 0.25) is 23.8 Å². The lowest BCUT2D eigenvalue weighted by Crippen LogP contribution is -2.60. The molecule has 3 heterocycles. The molecule has 3 aromatic rings. The maximum atomic E-state index is 14.1. The van der Waals surface area contributed by atoms with Gasteiger partial charge in [0.15, 0.2) is 17.3 Å². The Hall–Kier alpha value is -3.75. The van der Waals surface area contributed by atoms with Gasteiger partial charge in [0, 0.05) is 17.7 Å². The Morgan fingerprint density at radius 3 is 1.80 bits per heavy atom. The molecule has 5 rings (SSSR count). The van der Waals surface area contributed by atoms with E-state index in [1.807, 2.05) is 0 Å². The number of fused-ring (bicyclic) bond motifs is 1. The minimum Gasteiger partial charge on any atom is -0.508 e. The van der Waals surface area contributed by atoms with E-state index in [4.69, 9.17) is 23.4 Å². The lowest BCUT2D eigenvalue weighted by molar-refractivity contribution is -0.277. The molecule has 0 radical (unpaired) electrons. The molecule has 0 aliphatic carbocycles. The monoisotopic (exact) mass is 626 g/mol. The molecule has 17 heteroatoms. The van der Waals surface area contributed by atoms with Crippen LogP contribution in [0.5, 0.6) is 28.7 Å². The van der Waals surface area contributed by atoms with Gasteiger partial charge < -0.3 is 79.5 Å². The Balaban J connectivity index is 1.66. The van der Waals surface area contributed by atoms with Gasteiger partial charge in [-0.25, -0.2) is 0 Å². The summed E-state index contributed by atoms with van der Waals surface area (Å²) in [7, 11) is 0. The number of rotatable bonds is 7. The van der Waals surface area contributed by atoms with Gasteiger partial charge in [0.25, 0.3) is 0 Å². The van der Waals surface area contributed by atoms with E-state index in [2.05, 4.69) is 0 Å². The molecule has 1 aromatic heterocycles. The van der Waals surface area contributed by atoms with E-state index >= 15 is 0 Å². The molecule has 0 saturated carbocycles. The fourth-order valence-electron chi connectivity index (χ4n) is 4.88. The average Bonchev–Trinajstić information content (AvgIpc) is 2.99. The molecule has 0 unspecified atom stereocenters. The van der Waals surface area contributed by atoms with Crippen LogP contribution < -0.4 is 14.9 Å². The van der Waals surface area contributed by atoms with Crippen molar-refractivity contribution in [3.8, 4) is 40.1 Å². The molecular formula is C27H30O17. The van der Waals surface area contributed by atoms with Crippen LogP contribution >= 0.6 is 0 Å². The third kappa shape index (κ3) is 5.61. The van der Waals surface area contributed by atoms with Crippen LogP contribution in [-0.4, -0.2) is 131 Å². The smallest absolute Gasteiger partial charge is 0.239 e. The summed E-state index contributed by atoms with van der Waals surface area (Å²) >= 11 is 0. The molecule has 10 atom stereocenters. The lowest BCUT2D eigenvalue weighted by Gasteiger charge is -2.39. The van der Waals surface area contributed by atoms with Gasteiger partial charge in [-0.2, -0.15) is 0 Å². The Bertz CT molecular complexity index is 1550. The SMILES string of the molecule is O=c1c(O[C@@H]2O[C@H](CO)[C@H](O)[C@H](O)[C@H]2O)c(-c2ccc(O)c(O)c2)oc2cc(O)cc(O[C@@H]3O[C@H](CO)[C@H](O)[C@H](O)[C@H]3O)c12. The second-order valence-corrected chi connectivity index (χ2v) is 10.2. The van der Waals surface area contributed by atoms with E-state index in [1.165, 1.54) is 6.07 Å². The topological polar surface area (TPSA) is 290 Å². The quantitative estimate of drug-likeness (QED) is 0.116. The highest BCUT2D eigenvalue weighted by Crippen LogP contribution is 2.40. The predicted molar refractivity (Wildman–Crippen MR) is 142 cm³/mol. The number of aliphatic hydroxyl groups excluding tert-OH is 8. The summed E-state index contributed by atoms with van der Waals surface area (Å²) < 4.78 is 27.8. The largest absolute Gasteiger partial charge is 0.508 e. The highest BCUT2D eigenvalue weighted by Gasteiger charge is 2.46. The summed E-state index contributed by atoms with van der Waals surface area (Å²) in [4.78, 5) is 14.1. The molecule has 2 aliphatic rings. The minimum absolute atomic E-state index is 0.0707. The zero-order chi connectivity index (χ0) is 32.0. The van der Waals surface area contributed by atoms with Crippen LogP contribution in [0, 0.1) is 0 Å². The van der Waals surface area contributed by atoms with Gasteiger partial charge in [0.1, 0.15) is 71.3 Å². The molecule has 0 amide bonds. The van der Waals surface area contributed by atoms with Crippen LogP contribution in [-0.2, 0) is 9.47 Å². The second kappa shape index (κ2) is 12.3. The van der Waals surface area contributed by atoms with Crippen molar-refractivity contribution in [1.29, 1.82) is 0 Å². The first-order valence-electron chi connectivity index (χ1n) is 13.2. The molecule has 2 aromatic carbocycles. The number of phenols is 3. The maximum absolute atomic E-state index is 14.1. The molecule has 44 heavy (non-hydrogen) atoms. The molecule has 17 nitrogen and oxygen atoms in total. The Labute approximate surface area is 246 Å². The third-order valence-electron chi connectivity index (χ3n) is 7.31. The van der Waals surface area contributed by atoms with Crippen LogP contribution in [0.25, 0.3) is 22.3 Å². The summed E-state index contributed by atoms with van der Waals surface area (Å²) in [5.74, 6) is -3.37. The van der Waals surface area contributed by atoms with Crippen molar-refractivity contribution < 1.29 is 79.5 Å². The van der Waals surface area contributed by atoms with Crippen molar-refractivity contribution in [3.63, 3.8) is 0 Å². The first kappa shape index (κ1) is 31.7. The number of benzene rings is 2. The van der Waals surface area contributed by atoms with Gasteiger partial charge in [-0.05, 0) is 18.2 Å². The van der Waals surface area contributed by atoms with E-state index in [9.17, 15) is 61.0 Å². The first-order valence-corrected chi connectivity index (χ1v) is 13.2. The van der Waals surface area contributed by atoms with Crippen molar-refractivity contribution in [2.45, 2.75) is 61.4 Å². The fourth-order valence-corrected chi connectivity index (χ4v) is 4.88. The van der Waals surface area contributed by atoms with Gasteiger partial charge >= 0.3 is 0 Å². The van der Waals surface area contributed by atoms with Crippen molar-refractivity contribution in [1.82, 2.24) is 0 Å². The van der Waals surface area contributed by atoms with Crippen LogP contribution in [0.15, 0.2) is 39.5 Å². The molecule has 0 spiro atoms. The minimum atomic E-state index is -1.96. The molecule has 0 bridgehead atoms. The zero-order valence-electron chi connectivity index (χ0n) is 22.4. The van der Waals surface area contributed by atoms with Crippen LogP contribution in [0.4, 0.5) is 0 Å². The van der Waals surface area contributed by atoms with E-state index in [1.54, 1.807) is 0 Å².